The van der Waals surface area contributed by atoms with Crippen LogP contribution >= 0.6 is 0 Å². The molecular weight excluding hydrogens is 328 g/mol. The Bertz CT molecular complexity index is 992. The van der Waals surface area contributed by atoms with Gasteiger partial charge in [0.2, 0.25) is 5.95 Å². The van der Waals surface area contributed by atoms with Crippen LogP contribution < -0.4 is 5.32 Å². The third-order valence-corrected chi connectivity index (χ3v) is 5.78. The van der Waals surface area contributed by atoms with Crippen molar-refractivity contribution in [3.63, 3.8) is 0 Å². The first-order valence-electron chi connectivity index (χ1n) is 7.34. The lowest BCUT2D eigenvalue weighted by molar-refractivity contribution is 0.102. The molecule has 1 N–H and O–H groups in total. The molecule has 1 aromatic carbocycles. The van der Waals surface area contributed by atoms with Gasteiger partial charge in [-0.3, -0.25) is 14.5 Å². The Morgan fingerprint density at radius 1 is 1.08 bits per heavy atom. The number of pyridine rings is 1. The van der Waals surface area contributed by atoms with E-state index in [4.69, 9.17) is 0 Å². The Balaban J connectivity index is 1.83. The number of aromatic nitrogens is 3. The first kappa shape index (κ1) is 16.1. The Labute approximate surface area is 139 Å². The fourth-order valence-corrected chi connectivity index (χ4v) is 3.23. The van der Waals surface area contributed by atoms with E-state index in [1.165, 1.54) is 24.3 Å². The van der Waals surface area contributed by atoms with Crippen molar-refractivity contribution in [2.45, 2.75) is 24.0 Å². The number of carbonyl (C=O) groups is 1. The quantitative estimate of drug-likeness (QED) is 0.783. The molecule has 2 aromatic heterocycles. The van der Waals surface area contributed by atoms with E-state index in [1.807, 2.05) is 6.07 Å². The number of nitrogens with one attached hydrogen (secondary N) is 1. The summed E-state index contributed by atoms with van der Waals surface area (Å²) in [5.74, 6) is -0.0869. The SMILES string of the molecule is CC(C)S(=O)(=O)c1ccc(C(=O)Nc2nnc3ccccn23)cc1. The van der Waals surface area contributed by atoms with Crippen molar-refractivity contribution in [3.8, 4) is 0 Å². The molecule has 0 saturated heterocycles. The molecule has 0 fully saturated rings. The van der Waals surface area contributed by atoms with Crippen LogP contribution in [0.5, 0.6) is 0 Å². The Morgan fingerprint density at radius 2 is 1.79 bits per heavy atom. The Morgan fingerprint density at radius 3 is 2.46 bits per heavy atom. The second-order valence-corrected chi connectivity index (χ2v) is 8.03. The lowest BCUT2D eigenvalue weighted by Gasteiger charge is -2.08. The largest absolute Gasteiger partial charge is 0.290 e. The maximum atomic E-state index is 12.3. The van der Waals surface area contributed by atoms with Gasteiger partial charge in [-0.2, -0.15) is 0 Å². The van der Waals surface area contributed by atoms with Gasteiger partial charge in [-0.15, -0.1) is 10.2 Å². The number of hydrogen-bond donors (Lipinski definition) is 1. The first-order valence-corrected chi connectivity index (χ1v) is 8.89. The van der Waals surface area contributed by atoms with Crippen molar-refractivity contribution in [1.29, 1.82) is 0 Å². The average molecular weight is 344 g/mol. The van der Waals surface area contributed by atoms with Gasteiger partial charge in [-0.1, -0.05) is 6.07 Å². The van der Waals surface area contributed by atoms with Crippen LogP contribution in [0.2, 0.25) is 0 Å². The summed E-state index contributed by atoms with van der Waals surface area (Å²) in [6.45, 7) is 3.23. The van der Waals surface area contributed by atoms with E-state index in [-0.39, 0.29) is 10.8 Å². The number of hydrogen-bond acceptors (Lipinski definition) is 5. The molecule has 2 heterocycles. The number of anilines is 1. The molecule has 0 aliphatic rings. The number of rotatable bonds is 4. The number of sulfone groups is 1. The number of carbonyl (C=O) groups excluding carboxylic acids is 1. The van der Waals surface area contributed by atoms with E-state index in [9.17, 15) is 13.2 Å². The summed E-state index contributed by atoms with van der Waals surface area (Å²) >= 11 is 0. The van der Waals surface area contributed by atoms with Crippen molar-refractivity contribution in [1.82, 2.24) is 14.6 Å². The number of benzene rings is 1. The van der Waals surface area contributed by atoms with E-state index in [0.29, 0.717) is 17.2 Å². The smallest absolute Gasteiger partial charge is 0.258 e. The zero-order chi connectivity index (χ0) is 17.3. The lowest BCUT2D eigenvalue weighted by Crippen LogP contribution is -2.16. The molecule has 0 spiro atoms. The maximum absolute atomic E-state index is 12.3. The van der Waals surface area contributed by atoms with Crippen LogP contribution in [0.25, 0.3) is 5.65 Å². The minimum atomic E-state index is -3.36. The molecule has 0 aliphatic heterocycles. The normalized spacial score (nSPS) is 11.8. The van der Waals surface area contributed by atoms with Gasteiger partial charge in [0, 0.05) is 11.8 Å². The molecule has 24 heavy (non-hydrogen) atoms. The Kier molecular flexibility index (Phi) is 4.06. The lowest BCUT2D eigenvalue weighted by atomic mass is 10.2. The van der Waals surface area contributed by atoms with Crippen LogP contribution in [-0.4, -0.2) is 34.2 Å². The van der Waals surface area contributed by atoms with Gasteiger partial charge in [0.25, 0.3) is 5.91 Å². The third-order valence-electron chi connectivity index (χ3n) is 3.60. The monoisotopic (exact) mass is 344 g/mol. The van der Waals surface area contributed by atoms with Gasteiger partial charge < -0.3 is 0 Å². The number of fused-ring (bicyclic) bond motifs is 1. The van der Waals surface area contributed by atoms with Gasteiger partial charge in [0.15, 0.2) is 15.5 Å². The molecule has 0 radical (unpaired) electrons. The van der Waals surface area contributed by atoms with Crippen molar-refractivity contribution in [3.05, 3.63) is 54.2 Å². The van der Waals surface area contributed by atoms with Crippen LogP contribution in [-0.2, 0) is 9.84 Å². The molecule has 0 atom stereocenters. The summed E-state index contributed by atoms with van der Waals surface area (Å²) in [7, 11) is -3.36. The molecule has 8 heteroatoms. The highest BCUT2D eigenvalue weighted by Crippen LogP contribution is 2.17. The summed E-state index contributed by atoms with van der Waals surface area (Å²) < 4.78 is 25.8. The van der Waals surface area contributed by atoms with E-state index < -0.39 is 15.1 Å². The highest BCUT2D eigenvalue weighted by Gasteiger charge is 2.19. The zero-order valence-corrected chi connectivity index (χ0v) is 14.0. The molecule has 0 unspecified atom stereocenters. The van der Waals surface area contributed by atoms with Crippen molar-refractivity contribution in [2.24, 2.45) is 0 Å². The maximum Gasteiger partial charge on any atom is 0.258 e. The van der Waals surface area contributed by atoms with Crippen molar-refractivity contribution < 1.29 is 13.2 Å². The molecule has 0 saturated carbocycles. The first-order chi connectivity index (χ1) is 11.4. The van der Waals surface area contributed by atoms with Crippen LogP contribution in [0, 0.1) is 0 Å². The summed E-state index contributed by atoms with van der Waals surface area (Å²) in [5, 5.41) is 10.0. The van der Waals surface area contributed by atoms with E-state index >= 15 is 0 Å². The number of nitrogens with zero attached hydrogens (tertiary/aromatic N) is 3. The Hall–Kier alpha value is -2.74. The molecule has 124 valence electrons. The molecule has 3 rings (SSSR count). The van der Waals surface area contributed by atoms with Gasteiger partial charge >= 0.3 is 0 Å². The highest BCUT2D eigenvalue weighted by atomic mass is 32.2. The van der Waals surface area contributed by atoms with Crippen LogP contribution in [0.15, 0.2) is 53.6 Å². The summed E-state index contributed by atoms with van der Waals surface area (Å²) in [4.78, 5) is 12.5. The zero-order valence-electron chi connectivity index (χ0n) is 13.2. The minimum absolute atomic E-state index is 0.196. The van der Waals surface area contributed by atoms with E-state index in [2.05, 4.69) is 15.5 Å². The van der Waals surface area contributed by atoms with E-state index in [0.717, 1.165) is 0 Å². The molecule has 7 nitrogen and oxygen atoms in total. The molecule has 1 amide bonds. The van der Waals surface area contributed by atoms with Crippen LogP contribution in [0.1, 0.15) is 24.2 Å². The number of amides is 1. The second kappa shape index (κ2) is 6.04. The fourth-order valence-electron chi connectivity index (χ4n) is 2.17. The summed E-state index contributed by atoms with van der Waals surface area (Å²) in [6, 6.07) is 11.2. The van der Waals surface area contributed by atoms with Gasteiger partial charge in [0.1, 0.15) is 0 Å². The second-order valence-electron chi connectivity index (χ2n) is 5.52. The fraction of sp³-hybridized carbons (Fsp3) is 0.188. The predicted molar refractivity (Wildman–Crippen MR) is 89.7 cm³/mol. The molecule has 0 bridgehead atoms. The van der Waals surface area contributed by atoms with Gasteiger partial charge in [0.05, 0.1) is 10.1 Å². The highest BCUT2D eigenvalue weighted by molar-refractivity contribution is 7.92. The topological polar surface area (TPSA) is 93.4 Å². The third kappa shape index (κ3) is 2.88. The van der Waals surface area contributed by atoms with Crippen LogP contribution in [0.4, 0.5) is 5.95 Å². The summed E-state index contributed by atoms with van der Waals surface area (Å²) in [5.41, 5.74) is 0.955. The predicted octanol–water partition coefficient (Wildman–Crippen LogP) is 2.16. The molecule has 0 aliphatic carbocycles. The molecular formula is C16H16N4O3S. The van der Waals surface area contributed by atoms with Crippen molar-refractivity contribution in [2.75, 3.05) is 5.32 Å². The molecule has 3 aromatic rings. The van der Waals surface area contributed by atoms with E-state index in [1.54, 1.807) is 36.6 Å². The van der Waals surface area contributed by atoms with Gasteiger partial charge in [-0.05, 0) is 50.2 Å². The van der Waals surface area contributed by atoms with Gasteiger partial charge in [-0.25, -0.2) is 8.42 Å². The van der Waals surface area contributed by atoms with Crippen LogP contribution in [0.3, 0.4) is 0 Å². The average Bonchev–Trinajstić information content (AvgIpc) is 2.98. The van der Waals surface area contributed by atoms with Crippen molar-refractivity contribution >= 4 is 27.3 Å². The summed E-state index contributed by atoms with van der Waals surface area (Å²) in [6.07, 6.45) is 1.74. The standard InChI is InChI=1S/C16H16N4O3S/c1-11(2)24(22,23)13-8-6-12(7-9-13)15(21)17-16-19-18-14-5-3-4-10-20(14)16/h3-11H,1-2H3,(H,17,19,21). The minimum Gasteiger partial charge on any atom is -0.290 e.